The van der Waals surface area contributed by atoms with Gasteiger partial charge >= 0.3 is 0 Å². The lowest BCUT2D eigenvalue weighted by Crippen LogP contribution is -2.30. The van der Waals surface area contributed by atoms with Crippen LogP contribution in [0.5, 0.6) is 0 Å². The molecule has 0 saturated carbocycles. The van der Waals surface area contributed by atoms with Crippen molar-refractivity contribution in [1.29, 1.82) is 0 Å². The van der Waals surface area contributed by atoms with Crippen LogP contribution in [0.1, 0.15) is 10.4 Å². The quantitative estimate of drug-likeness (QED) is 0.771. The predicted octanol–water partition coefficient (Wildman–Crippen LogP) is 4.28. The Bertz CT molecular complexity index is 563. The molecule has 0 atom stereocenters. The molecule has 2 aromatic rings. The lowest BCUT2D eigenvalue weighted by atomic mass is 10.2. The molecule has 19 heavy (non-hydrogen) atoms. The fourth-order valence-electron chi connectivity index (χ4n) is 1.79. The van der Waals surface area contributed by atoms with Gasteiger partial charge in [0.05, 0.1) is 0 Å². The van der Waals surface area contributed by atoms with Crippen molar-refractivity contribution in [3.63, 3.8) is 0 Å². The van der Waals surface area contributed by atoms with Crippen LogP contribution in [0.4, 0.5) is 5.69 Å². The summed E-state index contributed by atoms with van der Waals surface area (Å²) < 4.78 is 0.957. The van der Waals surface area contributed by atoms with E-state index in [4.69, 9.17) is 0 Å². The molecular formula is C16H14BrNO. The van der Waals surface area contributed by atoms with E-state index in [1.54, 1.807) is 11.0 Å². The molecule has 0 bridgehead atoms. The van der Waals surface area contributed by atoms with E-state index in [1.165, 1.54) is 0 Å². The number of rotatable bonds is 4. The minimum Gasteiger partial charge on any atom is -0.305 e. The Kier molecular flexibility index (Phi) is 4.53. The van der Waals surface area contributed by atoms with Gasteiger partial charge in [-0.2, -0.15) is 0 Å². The monoisotopic (exact) mass is 315 g/mol. The second-order valence-electron chi connectivity index (χ2n) is 4.05. The highest BCUT2D eigenvalue weighted by Crippen LogP contribution is 2.18. The van der Waals surface area contributed by atoms with Crippen LogP contribution in [0.3, 0.4) is 0 Å². The number of hydrogen-bond acceptors (Lipinski definition) is 1. The highest BCUT2D eigenvalue weighted by atomic mass is 79.9. The maximum absolute atomic E-state index is 12.5. The zero-order chi connectivity index (χ0) is 13.7. The van der Waals surface area contributed by atoms with Gasteiger partial charge in [-0.15, -0.1) is 6.58 Å². The second kappa shape index (κ2) is 6.34. The van der Waals surface area contributed by atoms with Crippen molar-refractivity contribution in [3.8, 4) is 0 Å². The summed E-state index contributed by atoms with van der Waals surface area (Å²) in [7, 11) is 0. The van der Waals surface area contributed by atoms with Gasteiger partial charge in [-0.3, -0.25) is 4.79 Å². The van der Waals surface area contributed by atoms with Gasteiger partial charge in [0.15, 0.2) is 0 Å². The van der Waals surface area contributed by atoms with E-state index in [1.807, 2.05) is 54.6 Å². The zero-order valence-electron chi connectivity index (χ0n) is 10.4. The summed E-state index contributed by atoms with van der Waals surface area (Å²) in [5.41, 5.74) is 1.53. The number of amides is 1. The molecule has 0 saturated heterocycles. The van der Waals surface area contributed by atoms with Crippen molar-refractivity contribution in [2.75, 3.05) is 11.4 Å². The van der Waals surface area contributed by atoms with Crippen molar-refractivity contribution in [2.45, 2.75) is 0 Å². The minimum absolute atomic E-state index is 0.0291. The molecule has 0 aromatic heterocycles. The Hall–Kier alpha value is -1.87. The molecule has 0 spiro atoms. The lowest BCUT2D eigenvalue weighted by Gasteiger charge is -2.21. The molecule has 2 nitrogen and oxygen atoms in total. The van der Waals surface area contributed by atoms with Crippen LogP contribution >= 0.6 is 15.9 Å². The molecule has 0 unspecified atom stereocenters. The third-order valence-corrected chi connectivity index (χ3v) is 3.24. The van der Waals surface area contributed by atoms with Crippen molar-refractivity contribution in [3.05, 3.63) is 77.3 Å². The molecule has 3 heteroatoms. The van der Waals surface area contributed by atoms with Gasteiger partial charge in [-0.1, -0.05) is 40.2 Å². The Morgan fingerprint density at radius 2 is 1.74 bits per heavy atom. The maximum Gasteiger partial charge on any atom is 0.258 e. The third-order valence-electron chi connectivity index (χ3n) is 2.72. The molecule has 2 rings (SSSR count). The first-order valence-corrected chi connectivity index (χ1v) is 6.75. The molecule has 0 fully saturated rings. The summed E-state index contributed by atoms with van der Waals surface area (Å²) in [6.45, 7) is 4.20. The standard InChI is InChI=1S/C16H14BrNO/c1-2-12-18(15-6-4-3-5-7-15)16(19)13-8-10-14(17)11-9-13/h2-11H,1,12H2. The first kappa shape index (κ1) is 13.6. The fourth-order valence-corrected chi connectivity index (χ4v) is 2.06. The van der Waals surface area contributed by atoms with E-state index in [2.05, 4.69) is 22.5 Å². The SMILES string of the molecule is C=CCN(C(=O)c1ccc(Br)cc1)c1ccccc1. The number of benzene rings is 2. The highest BCUT2D eigenvalue weighted by molar-refractivity contribution is 9.10. The van der Waals surface area contributed by atoms with E-state index < -0.39 is 0 Å². The summed E-state index contributed by atoms with van der Waals surface area (Å²) >= 11 is 3.37. The minimum atomic E-state index is -0.0291. The van der Waals surface area contributed by atoms with E-state index in [-0.39, 0.29) is 5.91 Å². The average molecular weight is 316 g/mol. The summed E-state index contributed by atoms with van der Waals surface area (Å²) in [5.74, 6) is -0.0291. The van der Waals surface area contributed by atoms with Gasteiger partial charge in [0.2, 0.25) is 0 Å². The van der Waals surface area contributed by atoms with Gasteiger partial charge in [0.25, 0.3) is 5.91 Å². The van der Waals surface area contributed by atoms with Crippen LogP contribution in [0, 0.1) is 0 Å². The third kappa shape index (κ3) is 3.32. The fraction of sp³-hybridized carbons (Fsp3) is 0.0625. The topological polar surface area (TPSA) is 20.3 Å². The Balaban J connectivity index is 2.31. The summed E-state index contributed by atoms with van der Waals surface area (Å²) in [5, 5.41) is 0. The van der Waals surface area contributed by atoms with Crippen LogP contribution in [0.15, 0.2) is 71.7 Å². The molecule has 0 radical (unpaired) electrons. The number of carbonyl (C=O) groups excluding carboxylic acids is 1. The van der Waals surface area contributed by atoms with E-state index in [9.17, 15) is 4.79 Å². The van der Waals surface area contributed by atoms with Crippen LogP contribution in [0.2, 0.25) is 0 Å². The zero-order valence-corrected chi connectivity index (χ0v) is 12.0. The normalized spacial score (nSPS) is 9.95. The van der Waals surface area contributed by atoms with Gasteiger partial charge in [0, 0.05) is 22.3 Å². The Morgan fingerprint density at radius 3 is 2.32 bits per heavy atom. The first-order chi connectivity index (χ1) is 9.22. The van der Waals surface area contributed by atoms with Crippen molar-refractivity contribution in [1.82, 2.24) is 0 Å². The predicted molar refractivity (Wildman–Crippen MR) is 82.5 cm³/mol. The summed E-state index contributed by atoms with van der Waals surface area (Å²) in [6, 6.07) is 17.0. The van der Waals surface area contributed by atoms with Crippen molar-refractivity contribution >= 4 is 27.5 Å². The van der Waals surface area contributed by atoms with Gasteiger partial charge in [-0.05, 0) is 36.4 Å². The van der Waals surface area contributed by atoms with E-state index in [0.29, 0.717) is 12.1 Å². The largest absolute Gasteiger partial charge is 0.305 e. The van der Waals surface area contributed by atoms with Crippen LogP contribution in [-0.2, 0) is 0 Å². The van der Waals surface area contributed by atoms with Crippen LogP contribution < -0.4 is 4.90 Å². The van der Waals surface area contributed by atoms with E-state index >= 15 is 0 Å². The highest BCUT2D eigenvalue weighted by Gasteiger charge is 2.15. The molecule has 0 aliphatic rings. The first-order valence-electron chi connectivity index (χ1n) is 5.96. The van der Waals surface area contributed by atoms with Crippen molar-refractivity contribution in [2.24, 2.45) is 0 Å². The smallest absolute Gasteiger partial charge is 0.258 e. The average Bonchev–Trinajstić information content (AvgIpc) is 2.46. The van der Waals surface area contributed by atoms with E-state index in [0.717, 1.165) is 10.2 Å². The number of halogens is 1. The van der Waals surface area contributed by atoms with Crippen LogP contribution in [0.25, 0.3) is 0 Å². The number of hydrogen-bond donors (Lipinski definition) is 0. The summed E-state index contributed by atoms with van der Waals surface area (Å²) in [4.78, 5) is 14.2. The number of anilines is 1. The van der Waals surface area contributed by atoms with Gasteiger partial charge in [-0.25, -0.2) is 0 Å². The number of nitrogens with zero attached hydrogens (tertiary/aromatic N) is 1. The Labute approximate surface area is 121 Å². The molecule has 0 N–H and O–H groups in total. The molecule has 1 amide bonds. The van der Waals surface area contributed by atoms with Gasteiger partial charge < -0.3 is 4.90 Å². The lowest BCUT2D eigenvalue weighted by molar-refractivity contribution is 0.0989. The van der Waals surface area contributed by atoms with Crippen LogP contribution in [-0.4, -0.2) is 12.5 Å². The number of carbonyl (C=O) groups is 1. The number of para-hydroxylation sites is 1. The molecular weight excluding hydrogens is 302 g/mol. The summed E-state index contributed by atoms with van der Waals surface area (Å²) in [6.07, 6.45) is 1.73. The molecule has 96 valence electrons. The van der Waals surface area contributed by atoms with Crippen molar-refractivity contribution < 1.29 is 4.79 Å². The van der Waals surface area contributed by atoms with Gasteiger partial charge in [0.1, 0.15) is 0 Å². The maximum atomic E-state index is 12.5. The Morgan fingerprint density at radius 1 is 1.11 bits per heavy atom. The molecule has 0 heterocycles. The second-order valence-corrected chi connectivity index (χ2v) is 4.96. The molecule has 0 aliphatic carbocycles. The molecule has 2 aromatic carbocycles. The molecule has 0 aliphatic heterocycles.